The van der Waals surface area contributed by atoms with E-state index in [1.165, 1.54) is 41.5 Å². The van der Waals surface area contributed by atoms with E-state index >= 15 is 0 Å². The van der Waals surface area contributed by atoms with Crippen LogP contribution in [0.15, 0.2) is 53.2 Å². The molecule has 0 saturated carbocycles. The first-order valence-corrected chi connectivity index (χ1v) is 9.46. The zero-order chi connectivity index (χ0) is 22.2. The molecule has 0 spiro atoms. The molecule has 2 N–H and O–H groups in total. The number of nitrogens with zero attached hydrogens (tertiary/aromatic N) is 2. The van der Waals surface area contributed by atoms with Gasteiger partial charge in [0.2, 0.25) is 5.89 Å². The molecule has 7 nitrogen and oxygen atoms in total. The number of alkyl halides is 3. The van der Waals surface area contributed by atoms with Gasteiger partial charge >= 0.3 is 12.4 Å². The van der Waals surface area contributed by atoms with Crippen LogP contribution in [0.4, 0.5) is 18.0 Å². The van der Waals surface area contributed by atoms with Gasteiger partial charge in [0.1, 0.15) is 23.5 Å². The number of ether oxygens (including phenoxy) is 1. The lowest BCUT2D eigenvalue weighted by molar-refractivity contribution is -0.274. The molecule has 0 fully saturated rings. The third kappa shape index (κ3) is 4.79. The third-order valence-corrected chi connectivity index (χ3v) is 5.06. The largest absolute Gasteiger partial charge is 0.573 e. The number of benzene rings is 1. The maximum atomic E-state index is 12.7. The van der Waals surface area contributed by atoms with Crippen molar-refractivity contribution in [2.75, 3.05) is 6.54 Å². The lowest BCUT2D eigenvalue weighted by atomic mass is 9.80. The highest BCUT2D eigenvalue weighted by Crippen LogP contribution is 2.32. The second-order valence-corrected chi connectivity index (χ2v) is 7.51. The summed E-state index contributed by atoms with van der Waals surface area (Å²) in [6.07, 6.45) is 2.92. The molecule has 31 heavy (non-hydrogen) atoms. The molecule has 162 valence electrons. The van der Waals surface area contributed by atoms with E-state index in [1.807, 2.05) is 13.0 Å². The Morgan fingerprint density at radius 2 is 2.06 bits per heavy atom. The molecule has 1 aromatic heterocycles. The normalized spacial score (nSPS) is 20.5. The smallest absolute Gasteiger partial charge is 0.446 e. The van der Waals surface area contributed by atoms with Crippen LogP contribution in [-0.2, 0) is 12.0 Å². The van der Waals surface area contributed by atoms with Crippen LogP contribution in [-0.4, -0.2) is 34.7 Å². The maximum Gasteiger partial charge on any atom is 0.573 e. The molecular formula is C21H19F3N4O3. The number of urea groups is 1. The highest BCUT2D eigenvalue weighted by atomic mass is 19.4. The van der Waals surface area contributed by atoms with Gasteiger partial charge in [0.25, 0.3) is 0 Å². The molecule has 1 unspecified atom stereocenters. The number of amidine groups is 1. The highest BCUT2D eigenvalue weighted by Gasteiger charge is 2.35. The van der Waals surface area contributed by atoms with Crippen LogP contribution < -0.4 is 10.1 Å². The monoisotopic (exact) mass is 432 g/mol. The molecule has 2 heterocycles. The molecule has 4 rings (SSSR count). The molecule has 0 bridgehead atoms. The Kier molecular flexibility index (Phi) is 5.08. The molecular weight excluding hydrogens is 413 g/mol. The molecule has 1 atom stereocenters. The zero-order valence-corrected chi connectivity index (χ0v) is 16.5. The Labute approximate surface area is 175 Å². The Bertz CT molecular complexity index is 1070. The lowest BCUT2D eigenvalue weighted by Gasteiger charge is -2.37. The Hall–Kier alpha value is -3.56. The fourth-order valence-corrected chi connectivity index (χ4v) is 3.27. The summed E-state index contributed by atoms with van der Waals surface area (Å²) in [4.78, 5) is 18.2. The van der Waals surface area contributed by atoms with Gasteiger partial charge in [0.15, 0.2) is 0 Å². The van der Waals surface area contributed by atoms with Crippen LogP contribution in [0.5, 0.6) is 5.75 Å². The zero-order valence-electron chi connectivity index (χ0n) is 16.5. The van der Waals surface area contributed by atoms with Crippen molar-refractivity contribution in [3.05, 3.63) is 65.9 Å². The molecule has 1 aliphatic heterocycles. The fourth-order valence-electron chi connectivity index (χ4n) is 3.27. The molecule has 1 aromatic carbocycles. The number of carbonyl (C=O) groups excluding carboxylic acids is 1. The van der Waals surface area contributed by atoms with E-state index in [4.69, 9.17) is 9.83 Å². The predicted octanol–water partition coefficient (Wildman–Crippen LogP) is 4.38. The minimum atomic E-state index is -4.76. The van der Waals surface area contributed by atoms with Crippen molar-refractivity contribution in [1.29, 1.82) is 5.41 Å². The van der Waals surface area contributed by atoms with E-state index in [-0.39, 0.29) is 24.7 Å². The van der Waals surface area contributed by atoms with E-state index in [1.54, 1.807) is 6.08 Å². The van der Waals surface area contributed by atoms with Gasteiger partial charge in [-0.15, -0.1) is 13.2 Å². The number of amides is 2. The summed E-state index contributed by atoms with van der Waals surface area (Å²) in [6.45, 7) is 2.04. The van der Waals surface area contributed by atoms with Crippen LogP contribution in [0, 0.1) is 5.41 Å². The van der Waals surface area contributed by atoms with Crippen molar-refractivity contribution < 1.29 is 27.1 Å². The first-order chi connectivity index (χ1) is 14.6. The molecule has 2 aromatic rings. The van der Waals surface area contributed by atoms with Gasteiger partial charge in [-0.05, 0) is 35.8 Å². The Balaban J connectivity index is 1.42. The van der Waals surface area contributed by atoms with E-state index in [9.17, 15) is 18.0 Å². The maximum absolute atomic E-state index is 12.7. The SMILES string of the molecule is CC1(c2ccc(OC(F)(F)F)cc2)C=CC(=N)N(C(=O)NCc2nc(C3=CC3)co2)C1. The van der Waals surface area contributed by atoms with E-state index in [2.05, 4.69) is 15.0 Å². The summed E-state index contributed by atoms with van der Waals surface area (Å²) >= 11 is 0. The number of allylic oxidation sites excluding steroid dienone is 2. The third-order valence-electron chi connectivity index (χ3n) is 5.06. The quantitative estimate of drug-likeness (QED) is 0.734. The van der Waals surface area contributed by atoms with Crippen LogP contribution in [0.2, 0.25) is 0 Å². The van der Waals surface area contributed by atoms with Gasteiger partial charge in [-0.1, -0.05) is 31.2 Å². The van der Waals surface area contributed by atoms with Gasteiger partial charge in [-0.25, -0.2) is 9.78 Å². The number of rotatable bonds is 5. The molecule has 0 radical (unpaired) electrons. The second kappa shape index (κ2) is 7.60. The van der Waals surface area contributed by atoms with Crippen molar-refractivity contribution in [2.45, 2.75) is 31.7 Å². The first kappa shape index (κ1) is 20.7. The topological polar surface area (TPSA) is 91.5 Å². The van der Waals surface area contributed by atoms with E-state index in [0.29, 0.717) is 11.5 Å². The average molecular weight is 432 g/mol. The molecule has 2 amide bonds. The van der Waals surface area contributed by atoms with Crippen molar-refractivity contribution in [3.8, 4) is 5.75 Å². The molecule has 10 heteroatoms. The van der Waals surface area contributed by atoms with Gasteiger partial charge < -0.3 is 14.5 Å². The van der Waals surface area contributed by atoms with Gasteiger partial charge in [0.05, 0.1) is 6.54 Å². The lowest BCUT2D eigenvalue weighted by Crippen LogP contribution is -2.50. The summed E-state index contributed by atoms with van der Waals surface area (Å²) in [7, 11) is 0. The standard InChI is InChI=1S/C21H19F3N4O3/c1-20(14-4-6-15(7-5-14)31-21(22,23)24)9-8-17(25)28(12-20)19(29)26-10-18-27-16(11-30-18)13-2-3-13/h2,4-9,11,25H,3,10,12H2,1H3,(H,26,29). The second-order valence-electron chi connectivity index (χ2n) is 7.51. The summed E-state index contributed by atoms with van der Waals surface area (Å²) in [6, 6.07) is 4.97. The predicted molar refractivity (Wildman–Crippen MR) is 105 cm³/mol. The summed E-state index contributed by atoms with van der Waals surface area (Å²) in [5.41, 5.74) is 1.83. The molecule has 1 aliphatic carbocycles. The molecule has 0 saturated heterocycles. The minimum absolute atomic E-state index is 0.00299. The number of hydrogen-bond donors (Lipinski definition) is 2. The number of oxazole rings is 1. The fraction of sp³-hybridized carbons (Fsp3) is 0.286. The van der Waals surface area contributed by atoms with Crippen LogP contribution >= 0.6 is 0 Å². The summed E-state index contributed by atoms with van der Waals surface area (Å²) in [5, 5.41) is 10.8. The number of halogens is 3. The average Bonchev–Trinajstić information content (AvgIpc) is 3.45. The Morgan fingerprint density at radius 1 is 1.35 bits per heavy atom. The van der Waals surface area contributed by atoms with Gasteiger partial charge in [0, 0.05) is 12.0 Å². The first-order valence-electron chi connectivity index (χ1n) is 9.46. The van der Waals surface area contributed by atoms with Crippen molar-refractivity contribution in [1.82, 2.24) is 15.2 Å². The number of hydrogen-bond acceptors (Lipinski definition) is 5. The summed E-state index contributed by atoms with van der Waals surface area (Å²) < 4.78 is 46.4. The number of carbonyl (C=O) groups is 1. The van der Waals surface area contributed by atoms with Crippen LogP contribution in [0.25, 0.3) is 5.57 Å². The van der Waals surface area contributed by atoms with Crippen molar-refractivity contribution in [3.63, 3.8) is 0 Å². The summed E-state index contributed by atoms with van der Waals surface area (Å²) in [5.74, 6) is 0.0377. The number of nitrogens with one attached hydrogen (secondary N) is 2. The molecule has 2 aliphatic rings. The van der Waals surface area contributed by atoms with Gasteiger partial charge in [-0.2, -0.15) is 0 Å². The minimum Gasteiger partial charge on any atom is -0.446 e. The Morgan fingerprint density at radius 3 is 2.71 bits per heavy atom. The van der Waals surface area contributed by atoms with Crippen molar-refractivity contribution in [2.24, 2.45) is 0 Å². The van der Waals surface area contributed by atoms with Crippen molar-refractivity contribution >= 4 is 17.4 Å². The van der Waals surface area contributed by atoms with Gasteiger partial charge in [-0.3, -0.25) is 10.3 Å². The van der Waals surface area contributed by atoms with E-state index < -0.39 is 17.8 Å². The van der Waals surface area contributed by atoms with E-state index in [0.717, 1.165) is 17.7 Å². The number of aromatic nitrogens is 1. The highest BCUT2D eigenvalue weighted by molar-refractivity contribution is 6.03. The van der Waals surface area contributed by atoms with Crippen LogP contribution in [0.1, 0.15) is 30.5 Å². The van der Waals surface area contributed by atoms with Crippen LogP contribution in [0.3, 0.4) is 0 Å².